The van der Waals surface area contributed by atoms with E-state index in [-0.39, 0.29) is 0 Å². The summed E-state index contributed by atoms with van der Waals surface area (Å²) in [7, 11) is 0. The molecule has 6 aromatic carbocycles. The highest BCUT2D eigenvalue weighted by Gasteiger charge is 2.16. The van der Waals surface area contributed by atoms with E-state index in [4.69, 9.17) is 24.9 Å². The first-order chi connectivity index (χ1) is 25.7. The number of pyridine rings is 3. The zero-order chi connectivity index (χ0) is 34.4. The molecule has 0 aliphatic rings. The summed E-state index contributed by atoms with van der Waals surface area (Å²) in [6.45, 7) is 0. The maximum absolute atomic E-state index is 5.22. The molecule has 0 N–H and O–H groups in total. The Hall–Kier alpha value is -7.11. The maximum Gasteiger partial charge on any atom is 0.160 e. The van der Waals surface area contributed by atoms with Crippen LogP contribution in [0.1, 0.15) is 0 Å². The van der Waals surface area contributed by atoms with Gasteiger partial charge in [0.25, 0.3) is 0 Å². The minimum atomic E-state index is 0.601. The quantitative estimate of drug-likeness (QED) is 0.171. The van der Waals surface area contributed by atoms with E-state index in [0.717, 1.165) is 83.4 Å². The van der Waals surface area contributed by atoms with Crippen LogP contribution in [0.3, 0.4) is 0 Å². The first kappa shape index (κ1) is 29.8. The van der Waals surface area contributed by atoms with Crippen molar-refractivity contribution in [1.29, 1.82) is 0 Å². The molecule has 0 fully saturated rings. The highest BCUT2D eigenvalue weighted by Crippen LogP contribution is 2.33. The minimum absolute atomic E-state index is 0.601. The summed E-state index contributed by atoms with van der Waals surface area (Å²) in [6.07, 6.45) is 0. The first-order valence-corrected chi connectivity index (χ1v) is 17.3. The van der Waals surface area contributed by atoms with Gasteiger partial charge >= 0.3 is 0 Å². The first-order valence-electron chi connectivity index (χ1n) is 17.3. The Kier molecular flexibility index (Phi) is 7.07. The molecule has 0 amide bonds. The molecule has 52 heavy (non-hydrogen) atoms. The molecule has 0 aliphatic heterocycles. The fraction of sp³-hybridized carbons (Fsp3) is 0. The second-order valence-corrected chi connectivity index (χ2v) is 13.0. The molecule has 5 nitrogen and oxygen atoms in total. The van der Waals surface area contributed by atoms with Gasteiger partial charge in [-0.25, -0.2) is 24.9 Å². The van der Waals surface area contributed by atoms with Crippen LogP contribution in [0, 0.1) is 0 Å². The fourth-order valence-electron chi connectivity index (χ4n) is 6.92. The van der Waals surface area contributed by atoms with Crippen molar-refractivity contribution in [3.05, 3.63) is 176 Å². The van der Waals surface area contributed by atoms with Gasteiger partial charge in [0, 0.05) is 27.5 Å². The molecule has 0 radical (unpaired) electrons. The molecule has 4 heterocycles. The molecule has 0 atom stereocenters. The Labute approximate surface area is 300 Å². The molecular formula is C47H29N5. The van der Waals surface area contributed by atoms with Gasteiger partial charge in [0.15, 0.2) is 5.82 Å². The average molecular weight is 664 g/mol. The number of aromatic nitrogens is 5. The van der Waals surface area contributed by atoms with Gasteiger partial charge in [0.1, 0.15) is 0 Å². The topological polar surface area (TPSA) is 64.5 Å². The van der Waals surface area contributed by atoms with Crippen LogP contribution in [-0.4, -0.2) is 24.9 Å². The number of hydrogen-bond donors (Lipinski definition) is 0. The third-order valence-corrected chi connectivity index (χ3v) is 9.59. The largest absolute Gasteiger partial charge is 0.246 e. The van der Waals surface area contributed by atoms with Crippen molar-refractivity contribution in [1.82, 2.24) is 24.9 Å². The molecule has 0 aliphatic carbocycles. The van der Waals surface area contributed by atoms with Crippen molar-refractivity contribution in [2.75, 3.05) is 0 Å². The van der Waals surface area contributed by atoms with E-state index in [1.807, 2.05) is 60.7 Å². The highest BCUT2D eigenvalue weighted by atomic mass is 14.9. The van der Waals surface area contributed by atoms with Crippen LogP contribution < -0.4 is 0 Å². The van der Waals surface area contributed by atoms with E-state index in [9.17, 15) is 0 Å². The van der Waals surface area contributed by atoms with E-state index in [0.29, 0.717) is 5.82 Å². The van der Waals surface area contributed by atoms with Gasteiger partial charge in [0.2, 0.25) is 0 Å². The van der Waals surface area contributed by atoms with Gasteiger partial charge in [-0.15, -0.1) is 0 Å². The van der Waals surface area contributed by atoms with Crippen molar-refractivity contribution in [3.63, 3.8) is 0 Å². The highest BCUT2D eigenvalue weighted by molar-refractivity contribution is 5.98. The summed E-state index contributed by atoms with van der Waals surface area (Å²) in [5.74, 6) is 0.601. The third-order valence-electron chi connectivity index (χ3n) is 9.59. The van der Waals surface area contributed by atoms with Crippen molar-refractivity contribution in [2.24, 2.45) is 0 Å². The lowest BCUT2D eigenvalue weighted by atomic mass is 10.0. The van der Waals surface area contributed by atoms with Crippen LogP contribution in [0.4, 0.5) is 0 Å². The van der Waals surface area contributed by atoms with Crippen molar-refractivity contribution in [2.45, 2.75) is 0 Å². The summed E-state index contributed by atoms with van der Waals surface area (Å²) in [4.78, 5) is 25.8. The second kappa shape index (κ2) is 12.3. The lowest BCUT2D eigenvalue weighted by molar-refractivity contribution is 1.17. The second-order valence-electron chi connectivity index (χ2n) is 13.0. The molecule has 0 bridgehead atoms. The normalized spacial score (nSPS) is 11.5. The Morgan fingerprint density at radius 3 is 1.12 bits per heavy atom. The molecule has 0 spiro atoms. The molecule has 0 saturated carbocycles. The van der Waals surface area contributed by atoms with E-state index in [2.05, 4.69) is 115 Å². The van der Waals surface area contributed by atoms with Gasteiger partial charge in [-0.1, -0.05) is 121 Å². The molecule has 10 aromatic rings. The smallest absolute Gasteiger partial charge is 0.160 e. The Morgan fingerprint density at radius 1 is 0.231 bits per heavy atom. The molecule has 0 unspecified atom stereocenters. The summed E-state index contributed by atoms with van der Waals surface area (Å²) in [5.41, 5.74) is 9.34. The van der Waals surface area contributed by atoms with E-state index in [1.165, 1.54) is 10.8 Å². The standard InChI is InChI=1S/C47H29N5/c1-3-11-30(12-4-1)43-29-44(31-13-5-2-6-14-31)52-47(51-43)38-27-45(39-21-19-36-23-32-15-7-9-17-34(32)25-41(36)48-39)50-46(28-38)40-22-20-37-24-33-16-8-10-18-35(33)26-42(37)49-40/h1-29H. The lowest BCUT2D eigenvalue weighted by Crippen LogP contribution is -1.99. The zero-order valence-electron chi connectivity index (χ0n) is 28.0. The van der Waals surface area contributed by atoms with Gasteiger partial charge in [-0.2, -0.15) is 0 Å². The fourth-order valence-corrected chi connectivity index (χ4v) is 6.92. The molecule has 0 saturated heterocycles. The van der Waals surface area contributed by atoms with E-state index >= 15 is 0 Å². The van der Waals surface area contributed by atoms with Crippen LogP contribution in [-0.2, 0) is 0 Å². The van der Waals surface area contributed by atoms with Crippen LogP contribution in [0.2, 0.25) is 0 Å². The molecule has 242 valence electrons. The molecule has 5 heteroatoms. The SMILES string of the molecule is c1ccc(-c2cc(-c3ccccc3)nc(-c3cc(-c4ccc5cc6ccccc6cc5n4)nc(-c4ccc5cc6ccccc6cc5n4)c3)n2)cc1. The molecule has 10 rings (SSSR count). The zero-order valence-corrected chi connectivity index (χ0v) is 28.0. The summed E-state index contributed by atoms with van der Waals surface area (Å²) in [5, 5.41) is 6.82. The summed E-state index contributed by atoms with van der Waals surface area (Å²) >= 11 is 0. The Morgan fingerprint density at radius 2 is 0.654 bits per heavy atom. The monoisotopic (exact) mass is 663 g/mol. The van der Waals surface area contributed by atoms with E-state index < -0.39 is 0 Å². The van der Waals surface area contributed by atoms with Gasteiger partial charge < -0.3 is 0 Å². The number of nitrogens with zero attached hydrogens (tertiary/aromatic N) is 5. The van der Waals surface area contributed by atoms with Gasteiger partial charge in [0.05, 0.1) is 45.2 Å². The van der Waals surface area contributed by atoms with Crippen LogP contribution >= 0.6 is 0 Å². The van der Waals surface area contributed by atoms with Crippen LogP contribution in [0.25, 0.3) is 100 Å². The van der Waals surface area contributed by atoms with Gasteiger partial charge in [-0.3, -0.25) is 0 Å². The molecule has 4 aromatic heterocycles. The maximum atomic E-state index is 5.22. The van der Waals surface area contributed by atoms with Crippen molar-refractivity contribution in [3.8, 4) is 56.7 Å². The lowest BCUT2D eigenvalue weighted by Gasteiger charge is -2.12. The van der Waals surface area contributed by atoms with Crippen molar-refractivity contribution >= 4 is 43.4 Å². The predicted molar refractivity (Wildman–Crippen MR) is 213 cm³/mol. The summed E-state index contributed by atoms with van der Waals surface area (Å²) in [6, 6.07) is 60.4. The van der Waals surface area contributed by atoms with Gasteiger partial charge in [-0.05, 0) is 76.1 Å². The minimum Gasteiger partial charge on any atom is -0.246 e. The number of benzene rings is 6. The summed E-state index contributed by atoms with van der Waals surface area (Å²) < 4.78 is 0. The Bertz CT molecular complexity index is 2760. The Balaban J connectivity index is 1.19. The predicted octanol–water partition coefficient (Wildman–Crippen LogP) is 11.6. The number of fused-ring (bicyclic) bond motifs is 4. The van der Waals surface area contributed by atoms with Crippen LogP contribution in [0.15, 0.2) is 176 Å². The number of hydrogen-bond acceptors (Lipinski definition) is 5. The van der Waals surface area contributed by atoms with Crippen molar-refractivity contribution < 1.29 is 0 Å². The van der Waals surface area contributed by atoms with E-state index in [1.54, 1.807) is 0 Å². The third kappa shape index (κ3) is 5.51. The molecular weight excluding hydrogens is 635 g/mol. The average Bonchev–Trinajstić information content (AvgIpc) is 3.22. The number of rotatable bonds is 5. The van der Waals surface area contributed by atoms with Crippen LogP contribution in [0.5, 0.6) is 0 Å².